The van der Waals surface area contributed by atoms with E-state index in [0.29, 0.717) is 25.7 Å². The van der Waals surface area contributed by atoms with Crippen molar-refractivity contribution in [2.75, 3.05) is 6.54 Å². The van der Waals surface area contributed by atoms with Gasteiger partial charge in [-0.2, -0.15) is 0 Å². The third-order valence-corrected chi connectivity index (χ3v) is 10.0. The molecule has 2 aliphatic carbocycles. The molecule has 2 aromatic rings. The average Bonchev–Trinajstić information content (AvgIpc) is 3.50. The summed E-state index contributed by atoms with van der Waals surface area (Å²) in [4.78, 5) is 41.9. The summed E-state index contributed by atoms with van der Waals surface area (Å²) in [6.07, 6.45) is -6.14. The van der Waals surface area contributed by atoms with E-state index in [2.05, 4.69) is 20.7 Å². The Balaban J connectivity index is 1.25. The lowest BCUT2D eigenvalue weighted by molar-refractivity contribution is -0.261. The number of aliphatic hydroxyl groups excluding tert-OH is 1. The van der Waals surface area contributed by atoms with Crippen molar-refractivity contribution < 1.29 is 53.4 Å². The highest BCUT2D eigenvalue weighted by molar-refractivity contribution is 5.68. The van der Waals surface area contributed by atoms with Crippen LogP contribution in [0.25, 0.3) is 10.4 Å². The second-order valence-corrected chi connectivity index (χ2v) is 13.6. The molecule has 2 heterocycles. The molecule has 4 aliphatic rings. The van der Waals surface area contributed by atoms with E-state index < -0.39 is 79.0 Å². The molecule has 1 spiro atoms. The molecule has 9 atom stereocenters. The van der Waals surface area contributed by atoms with Gasteiger partial charge in [0.15, 0.2) is 12.1 Å². The summed E-state index contributed by atoms with van der Waals surface area (Å²) in [6, 6.07) is 15.1. The van der Waals surface area contributed by atoms with Gasteiger partial charge in [0.05, 0.1) is 36.9 Å². The van der Waals surface area contributed by atoms with E-state index in [1.165, 1.54) is 4.90 Å². The van der Waals surface area contributed by atoms with Crippen molar-refractivity contribution >= 4 is 18.3 Å². The molecule has 0 bridgehead atoms. The van der Waals surface area contributed by atoms with Crippen molar-refractivity contribution in [2.24, 2.45) is 5.11 Å². The maximum absolute atomic E-state index is 13.5. The normalized spacial score (nSPS) is 30.7. The van der Waals surface area contributed by atoms with Gasteiger partial charge in [-0.15, -0.1) is 0 Å². The predicted octanol–water partition coefficient (Wildman–Crippen LogP) is 4.49. The summed E-state index contributed by atoms with van der Waals surface area (Å²) in [6.45, 7) is 0.357. The summed E-state index contributed by atoms with van der Waals surface area (Å²) in [5, 5.41) is 39.4. The fourth-order valence-corrected chi connectivity index (χ4v) is 7.61. The van der Waals surface area contributed by atoms with E-state index in [-0.39, 0.29) is 19.7 Å². The monoisotopic (exact) mass is 724 g/mol. The smallest absolute Gasteiger partial charge is 0.410 e. The Morgan fingerprint density at radius 2 is 1.54 bits per heavy atom. The quantitative estimate of drug-likeness (QED) is 0.123. The van der Waals surface area contributed by atoms with Crippen LogP contribution in [0.2, 0.25) is 0 Å². The first-order chi connectivity index (χ1) is 25.1. The molecular formula is C35H44N6O11. The zero-order chi connectivity index (χ0) is 36.7. The summed E-state index contributed by atoms with van der Waals surface area (Å²) in [5.74, 6) is -1.08. The fraction of sp³-hybridized carbons (Fsp3) is 0.571. The van der Waals surface area contributed by atoms with Crippen LogP contribution >= 0.6 is 0 Å². The highest BCUT2D eigenvalue weighted by atomic mass is 16.8. The van der Waals surface area contributed by atoms with Gasteiger partial charge in [0, 0.05) is 24.3 Å². The van der Waals surface area contributed by atoms with Gasteiger partial charge in [-0.1, -0.05) is 72.2 Å². The third kappa shape index (κ3) is 8.86. The molecule has 2 saturated heterocycles. The molecule has 52 heavy (non-hydrogen) atoms. The number of carbonyl (C=O) groups is 3. The van der Waals surface area contributed by atoms with Gasteiger partial charge >= 0.3 is 18.3 Å². The number of carboxylic acid groups (broad SMARTS) is 2. The minimum absolute atomic E-state index is 0.0625. The molecule has 4 fully saturated rings. The van der Waals surface area contributed by atoms with Crippen molar-refractivity contribution in [3.63, 3.8) is 0 Å². The Kier molecular flexibility index (Phi) is 12.0. The van der Waals surface area contributed by atoms with Gasteiger partial charge in [0.1, 0.15) is 24.9 Å². The first-order valence-corrected chi connectivity index (χ1v) is 17.5. The molecule has 17 nitrogen and oxygen atoms in total. The second-order valence-electron chi connectivity index (χ2n) is 13.6. The fourth-order valence-electron chi connectivity index (χ4n) is 7.61. The average molecular weight is 725 g/mol. The van der Waals surface area contributed by atoms with Crippen molar-refractivity contribution in [3.05, 3.63) is 82.2 Å². The van der Waals surface area contributed by atoms with Crippen molar-refractivity contribution in [1.29, 1.82) is 0 Å². The molecule has 3 amide bonds. The number of hydrogen-bond donors (Lipinski definition) is 5. The molecule has 17 heteroatoms. The number of carbonyl (C=O) groups excluding carboxylic acids is 1. The van der Waals surface area contributed by atoms with Gasteiger partial charge in [0.2, 0.25) is 0 Å². The van der Waals surface area contributed by atoms with E-state index >= 15 is 0 Å². The van der Waals surface area contributed by atoms with Crippen LogP contribution in [-0.2, 0) is 36.8 Å². The summed E-state index contributed by atoms with van der Waals surface area (Å²) in [5.41, 5.74) is 11.1. The number of nitrogens with one attached hydrogen (secondary N) is 2. The highest BCUT2D eigenvalue weighted by Gasteiger charge is 2.62. The number of amides is 3. The molecule has 6 rings (SSSR count). The van der Waals surface area contributed by atoms with E-state index in [9.17, 15) is 35.2 Å². The Bertz CT molecular complexity index is 1580. The lowest BCUT2D eigenvalue weighted by atomic mass is 9.81. The van der Waals surface area contributed by atoms with Crippen LogP contribution in [-0.4, -0.2) is 106 Å². The van der Waals surface area contributed by atoms with Crippen LogP contribution in [0.4, 0.5) is 14.4 Å². The third-order valence-electron chi connectivity index (χ3n) is 10.0. The number of benzene rings is 2. The minimum atomic E-state index is -1.64. The maximum Gasteiger partial charge on any atom is 0.410 e. The second kappa shape index (κ2) is 16.8. The molecule has 280 valence electrons. The summed E-state index contributed by atoms with van der Waals surface area (Å²) < 4.78 is 31.5. The molecule has 0 radical (unpaired) electrons. The van der Waals surface area contributed by atoms with Gasteiger partial charge in [0.25, 0.3) is 0 Å². The number of nitrogens with zero attached hydrogens (tertiary/aromatic N) is 4. The number of azide groups is 1. The van der Waals surface area contributed by atoms with E-state index in [0.717, 1.165) is 30.4 Å². The standard InChI is InChI=1S/C35H44N6O11/c36-40-39-24-15-14-23(19-41(18-21-10-4-1-5-11-21)34(47)48-20-22-12-6-2-7-13-22)49-31(24)50-28-25(37-32(43)44)27(42)26(38-33(45)46)29-30(28)52-35(51-29)16-8-3-9-17-35/h1-2,4-7,10-13,23-31,37-38,42H,3,8-9,14-20H2,(H,43,44)(H,45,46)/t23-,24+,25-,26+,27-,28+,29-,30-,31+/m0/s1. The van der Waals surface area contributed by atoms with E-state index in [4.69, 9.17) is 23.7 Å². The lowest BCUT2D eigenvalue weighted by Crippen LogP contribution is -2.72. The van der Waals surface area contributed by atoms with Crippen LogP contribution < -0.4 is 10.6 Å². The van der Waals surface area contributed by atoms with Gasteiger partial charge < -0.3 is 54.5 Å². The van der Waals surface area contributed by atoms with Gasteiger partial charge in [-0.3, -0.25) is 0 Å². The van der Waals surface area contributed by atoms with Gasteiger partial charge in [-0.25, -0.2) is 14.4 Å². The Labute approximate surface area is 299 Å². The maximum atomic E-state index is 13.5. The first kappa shape index (κ1) is 37.1. The van der Waals surface area contributed by atoms with Crippen LogP contribution in [0.15, 0.2) is 65.8 Å². The molecule has 2 saturated carbocycles. The zero-order valence-corrected chi connectivity index (χ0v) is 28.4. The Hall–Kier alpha value is -4.64. The topological polar surface area (TPSA) is 234 Å². The molecule has 0 unspecified atom stereocenters. The van der Waals surface area contributed by atoms with E-state index in [1.54, 1.807) is 0 Å². The minimum Gasteiger partial charge on any atom is -0.465 e. The number of ether oxygens (including phenoxy) is 5. The lowest BCUT2D eigenvalue weighted by Gasteiger charge is -2.47. The molecule has 2 aromatic carbocycles. The highest BCUT2D eigenvalue weighted by Crippen LogP contribution is 2.46. The Morgan fingerprint density at radius 1 is 0.904 bits per heavy atom. The number of hydrogen-bond acceptors (Lipinski definition) is 10. The zero-order valence-electron chi connectivity index (χ0n) is 28.4. The van der Waals surface area contributed by atoms with Crippen LogP contribution in [0.5, 0.6) is 0 Å². The van der Waals surface area contributed by atoms with Crippen molar-refractivity contribution in [1.82, 2.24) is 15.5 Å². The number of rotatable bonds is 11. The number of aliphatic hydroxyl groups is 1. The van der Waals surface area contributed by atoms with Crippen LogP contribution in [0.1, 0.15) is 56.1 Å². The van der Waals surface area contributed by atoms with Crippen LogP contribution in [0.3, 0.4) is 0 Å². The summed E-state index contributed by atoms with van der Waals surface area (Å²) >= 11 is 0. The van der Waals surface area contributed by atoms with Crippen LogP contribution in [0, 0.1) is 0 Å². The molecule has 2 aliphatic heterocycles. The van der Waals surface area contributed by atoms with E-state index in [1.807, 2.05) is 60.7 Å². The largest absolute Gasteiger partial charge is 0.465 e. The SMILES string of the molecule is [N-]=[N+]=N[C@@H]1CC[C@@H](CN(Cc2ccccc2)C(=O)OCc2ccccc2)O[C@@H]1O[C@@H]1[C@@H](NC(=O)O)[C@H](O)[C@@H](NC(=O)O)[C@@H]2OC3(CCCCC3)O[C@@H]12. The van der Waals surface area contributed by atoms with Gasteiger partial charge in [-0.05, 0) is 42.3 Å². The molecular weight excluding hydrogens is 680 g/mol. The molecule has 5 N–H and O–H groups in total. The van der Waals surface area contributed by atoms with Crippen molar-refractivity contribution in [2.45, 2.75) is 119 Å². The van der Waals surface area contributed by atoms with Crippen molar-refractivity contribution in [3.8, 4) is 0 Å². The predicted molar refractivity (Wildman–Crippen MR) is 181 cm³/mol. The first-order valence-electron chi connectivity index (χ1n) is 17.5. The Morgan fingerprint density at radius 3 is 2.19 bits per heavy atom. The summed E-state index contributed by atoms with van der Waals surface area (Å²) in [7, 11) is 0. The number of fused-ring (bicyclic) bond motifs is 1. The molecule has 0 aromatic heterocycles.